The molecule has 2 aliphatic rings. The normalized spacial score (nSPS) is 30.1. The number of ether oxygens (including phenoxy) is 1. The molecule has 1 aliphatic carbocycles. The molecule has 3 heterocycles. The minimum atomic E-state index is -1.27. The Morgan fingerprint density at radius 1 is 1.29 bits per heavy atom. The van der Waals surface area contributed by atoms with Gasteiger partial charge in [-0.3, -0.25) is 9.59 Å². The van der Waals surface area contributed by atoms with E-state index in [2.05, 4.69) is 17.3 Å². The number of fused-ring (bicyclic) bond motifs is 1. The van der Waals surface area contributed by atoms with Gasteiger partial charge in [0.1, 0.15) is 0 Å². The number of nitrogens with two attached hydrogens (primary N) is 1. The van der Waals surface area contributed by atoms with E-state index in [4.69, 9.17) is 15.5 Å². The maximum atomic E-state index is 12.8. The van der Waals surface area contributed by atoms with E-state index in [9.17, 15) is 9.59 Å². The molecule has 168 valence electrons. The zero-order valence-electron chi connectivity index (χ0n) is 18.6. The van der Waals surface area contributed by atoms with Crippen molar-refractivity contribution in [3.8, 4) is 0 Å². The van der Waals surface area contributed by atoms with Gasteiger partial charge in [0.05, 0.1) is 30.7 Å². The van der Waals surface area contributed by atoms with E-state index in [-0.39, 0.29) is 24.3 Å². The molecule has 4 rings (SSSR count). The van der Waals surface area contributed by atoms with E-state index in [1.54, 1.807) is 4.52 Å². The van der Waals surface area contributed by atoms with E-state index in [0.29, 0.717) is 30.2 Å². The highest BCUT2D eigenvalue weighted by Gasteiger charge is 2.53. The predicted molar refractivity (Wildman–Crippen MR) is 116 cm³/mol. The highest BCUT2D eigenvalue weighted by atomic mass is 16.5. The number of hydrogen-bond donors (Lipinski definition) is 2. The Morgan fingerprint density at radius 3 is 2.71 bits per heavy atom. The van der Waals surface area contributed by atoms with Gasteiger partial charge in [-0.15, -0.1) is 0 Å². The lowest BCUT2D eigenvalue weighted by atomic mass is 9.68. The van der Waals surface area contributed by atoms with Crippen LogP contribution in [0.2, 0.25) is 0 Å². The minimum absolute atomic E-state index is 0.108. The maximum absolute atomic E-state index is 12.8. The number of hydrogen-bond acceptors (Lipinski definition) is 6. The summed E-state index contributed by atoms with van der Waals surface area (Å²) in [7, 11) is 1.32. The lowest BCUT2D eigenvalue weighted by Crippen LogP contribution is -2.57. The number of carbonyl (C=O) groups is 2. The molecule has 2 aromatic heterocycles. The Bertz CT molecular complexity index is 955. The molecule has 0 spiro atoms. The van der Waals surface area contributed by atoms with Crippen molar-refractivity contribution in [2.75, 3.05) is 13.7 Å². The first-order valence-corrected chi connectivity index (χ1v) is 11.3. The van der Waals surface area contributed by atoms with Crippen molar-refractivity contribution in [1.29, 1.82) is 0 Å². The molecule has 8 heteroatoms. The first kappa shape index (κ1) is 21.7. The molecule has 3 N–H and O–H groups in total. The molecule has 1 amide bonds. The smallest absolute Gasteiger partial charge is 0.322 e. The molecule has 3 atom stereocenters. The van der Waals surface area contributed by atoms with Crippen LogP contribution in [0.5, 0.6) is 0 Å². The fraction of sp³-hybridized carbons (Fsp3) is 0.652. The first-order chi connectivity index (χ1) is 14.8. The van der Waals surface area contributed by atoms with Crippen LogP contribution < -0.4 is 11.1 Å². The van der Waals surface area contributed by atoms with Crippen LogP contribution in [-0.2, 0) is 20.7 Å². The van der Waals surface area contributed by atoms with Crippen molar-refractivity contribution in [2.45, 2.75) is 58.4 Å². The van der Waals surface area contributed by atoms with E-state index >= 15 is 0 Å². The predicted octanol–water partition coefficient (Wildman–Crippen LogP) is 2.41. The van der Waals surface area contributed by atoms with Crippen molar-refractivity contribution in [3.05, 3.63) is 29.7 Å². The van der Waals surface area contributed by atoms with Crippen molar-refractivity contribution in [3.63, 3.8) is 0 Å². The third kappa shape index (κ3) is 3.93. The number of imidazole rings is 1. The van der Waals surface area contributed by atoms with Crippen LogP contribution in [0.3, 0.4) is 0 Å². The summed E-state index contributed by atoms with van der Waals surface area (Å²) >= 11 is 0. The van der Waals surface area contributed by atoms with Crippen LogP contribution in [0.4, 0.5) is 0 Å². The molecule has 8 nitrogen and oxygen atoms in total. The first-order valence-electron chi connectivity index (χ1n) is 11.3. The molecule has 0 radical (unpaired) electrons. The molecule has 1 unspecified atom stereocenters. The third-order valence-electron chi connectivity index (χ3n) is 7.42. The summed E-state index contributed by atoms with van der Waals surface area (Å²) in [5.74, 6) is 0.260. The summed E-state index contributed by atoms with van der Waals surface area (Å²) in [6.45, 7) is 4.79. The number of nitrogens with one attached hydrogen (secondary N) is 1. The summed E-state index contributed by atoms with van der Waals surface area (Å²) in [5.41, 5.74) is 7.49. The number of esters is 1. The van der Waals surface area contributed by atoms with Crippen molar-refractivity contribution in [1.82, 2.24) is 19.9 Å². The lowest BCUT2D eigenvalue weighted by Gasteiger charge is -2.38. The Balaban J connectivity index is 1.60. The molecule has 2 fully saturated rings. The zero-order valence-corrected chi connectivity index (χ0v) is 18.6. The van der Waals surface area contributed by atoms with Gasteiger partial charge in [-0.05, 0) is 49.1 Å². The summed E-state index contributed by atoms with van der Waals surface area (Å²) in [4.78, 5) is 30.2. The van der Waals surface area contributed by atoms with Gasteiger partial charge >= 0.3 is 5.97 Å². The van der Waals surface area contributed by atoms with E-state index in [1.165, 1.54) is 20.0 Å². The molecule has 1 saturated carbocycles. The highest BCUT2D eigenvalue weighted by Crippen LogP contribution is 2.38. The van der Waals surface area contributed by atoms with Crippen molar-refractivity contribution >= 4 is 17.5 Å². The van der Waals surface area contributed by atoms with Gasteiger partial charge in [0.15, 0.2) is 11.1 Å². The van der Waals surface area contributed by atoms with Crippen LogP contribution in [0, 0.1) is 23.2 Å². The highest BCUT2D eigenvalue weighted by molar-refractivity contribution is 6.03. The van der Waals surface area contributed by atoms with Gasteiger partial charge in [-0.2, -0.15) is 5.10 Å². The average Bonchev–Trinajstić information content (AvgIpc) is 3.19. The number of nitrogens with zero attached hydrogens (tertiary/aromatic N) is 3. The van der Waals surface area contributed by atoms with E-state index in [1.807, 2.05) is 25.3 Å². The summed E-state index contributed by atoms with van der Waals surface area (Å²) in [6, 6.07) is 3.60. The Hall–Kier alpha value is -2.48. The molecule has 1 aliphatic heterocycles. The second-order valence-corrected chi connectivity index (χ2v) is 9.42. The van der Waals surface area contributed by atoms with Crippen LogP contribution in [0.15, 0.2) is 18.3 Å². The van der Waals surface area contributed by atoms with Crippen LogP contribution >= 0.6 is 0 Å². The van der Waals surface area contributed by atoms with Crippen molar-refractivity contribution < 1.29 is 14.3 Å². The number of piperidine rings is 1. The SMILES string of the molecule is COC(=O)[C@@]1(Cc2ccc3nc([C@@H](N)C4CCC(C)CC4)cn3n2)C(=O)NCCC1C. The van der Waals surface area contributed by atoms with Gasteiger partial charge in [0, 0.05) is 13.0 Å². The third-order valence-corrected chi connectivity index (χ3v) is 7.42. The number of methoxy groups -OCH3 is 1. The van der Waals surface area contributed by atoms with E-state index < -0.39 is 11.4 Å². The summed E-state index contributed by atoms with van der Waals surface area (Å²) in [6.07, 6.45) is 7.47. The van der Waals surface area contributed by atoms with Gasteiger partial charge in [0.25, 0.3) is 0 Å². The average molecular weight is 428 g/mol. The molecule has 2 aromatic rings. The zero-order chi connectivity index (χ0) is 22.2. The fourth-order valence-corrected chi connectivity index (χ4v) is 5.20. The maximum Gasteiger partial charge on any atom is 0.322 e. The second kappa shape index (κ2) is 8.57. The molecular weight excluding hydrogens is 394 g/mol. The molecule has 0 bridgehead atoms. The Kier molecular flexibility index (Phi) is 6.01. The van der Waals surface area contributed by atoms with E-state index in [0.717, 1.165) is 24.5 Å². The molecule has 0 aromatic carbocycles. The summed E-state index contributed by atoms with van der Waals surface area (Å²) in [5, 5.41) is 7.50. The quantitative estimate of drug-likeness (QED) is 0.560. The lowest BCUT2D eigenvalue weighted by molar-refractivity contribution is -0.165. The number of amides is 1. The summed E-state index contributed by atoms with van der Waals surface area (Å²) < 4.78 is 6.76. The second-order valence-electron chi connectivity index (χ2n) is 9.42. The number of carbonyl (C=O) groups excluding carboxylic acids is 2. The molecule has 1 saturated heterocycles. The monoisotopic (exact) mass is 427 g/mol. The van der Waals surface area contributed by atoms with Gasteiger partial charge in [-0.1, -0.05) is 26.7 Å². The molecule has 31 heavy (non-hydrogen) atoms. The largest absolute Gasteiger partial charge is 0.468 e. The van der Waals surface area contributed by atoms with Crippen LogP contribution in [-0.4, -0.2) is 40.1 Å². The number of rotatable bonds is 5. The Labute approximate surface area is 182 Å². The number of aromatic nitrogens is 3. The Morgan fingerprint density at radius 2 is 2.03 bits per heavy atom. The van der Waals surface area contributed by atoms with Gasteiger partial charge in [-0.25, -0.2) is 9.50 Å². The fourth-order valence-electron chi connectivity index (χ4n) is 5.20. The van der Waals surface area contributed by atoms with Gasteiger partial charge in [0.2, 0.25) is 5.91 Å². The topological polar surface area (TPSA) is 112 Å². The van der Waals surface area contributed by atoms with Crippen LogP contribution in [0.25, 0.3) is 5.65 Å². The molecular formula is C23H33N5O3. The van der Waals surface area contributed by atoms with Gasteiger partial charge < -0.3 is 15.8 Å². The van der Waals surface area contributed by atoms with Crippen molar-refractivity contribution in [2.24, 2.45) is 28.9 Å². The standard InChI is InChI=1S/C23H33N5O3/c1-14-4-6-16(7-5-14)20(24)18-13-28-19(26-18)9-8-17(27-28)12-23(22(30)31-3)15(2)10-11-25-21(23)29/h8-9,13-16,20H,4-7,10-12,24H2,1-3H3,(H,25,29)/t14?,15?,16?,20-,23+/m0/s1. The van der Waals surface area contributed by atoms with Crippen LogP contribution in [0.1, 0.15) is 63.4 Å². The minimum Gasteiger partial charge on any atom is -0.468 e.